The van der Waals surface area contributed by atoms with E-state index in [1.807, 2.05) is 31.2 Å². The van der Waals surface area contributed by atoms with Crippen LogP contribution in [0.2, 0.25) is 0 Å². The summed E-state index contributed by atoms with van der Waals surface area (Å²) in [5, 5.41) is 5.02. The second-order valence-electron chi connectivity index (χ2n) is 6.12. The normalized spacial score (nSPS) is 16.0. The van der Waals surface area contributed by atoms with E-state index in [0.717, 1.165) is 17.0 Å². The van der Waals surface area contributed by atoms with E-state index in [1.54, 1.807) is 24.3 Å². The number of rotatable bonds is 6. The van der Waals surface area contributed by atoms with E-state index >= 15 is 0 Å². The average molecular weight is 419 g/mol. The summed E-state index contributed by atoms with van der Waals surface area (Å²) in [6.45, 7) is 2.58. The summed E-state index contributed by atoms with van der Waals surface area (Å²) in [5.41, 5.74) is 5.43. The first-order valence-electron chi connectivity index (χ1n) is 8.70. The Bertz CT molecular complexity index is 1000. The van der Waals surface area contributed by atoms with E-state index in [9.17, 15) is 8.42 Å². The molecular formula is C19H22N4O3S2. The molecule has 0 aliphatic carbocycles. The molecule has 2 aromatic rings. The number of benzene rings is 2. The number of thioether (sulfide) groups is 1. The minimum Gasteiger partial charge on any atom is -0.494 e. The Kier molecular flexibility index (Phi) is 6.38. The summed E-state index contributed by atoms with van der Waals surface area (Å²) in [4.78, 5) is 4.68. The number of amidine groups is 1. The van der Waals surface area contributed by atoms with Crippen LogP contribution in [0.15, 0.2) is 63.5 Å². The van der Waals surface area contributed by atoms with Gasteiger partial charge in [-0.25, -0.2) is 17.7 Å². The third kappa shape index (κ3) is 4.73. The molecule has 0 unspecified atom stereocenters. The molecule has 1 aliphatic rings. The van der Waals surface area contributed by atoms with Gasteiger partial charge >= 0.3 is 0 Å². The van der Waals surface area contributed by atoms with Gasteiger partial charge in [0.2, 0.25) is 10.0 Å². The minimum atomic E-state index is -3.49. The van der Waals surface area contributed by atoms with Crippen LogP contribution in [0.3, 0.4) is 0 Å². The van der Waals surface area contributed by atoms with Crippen LogP contribution < -0.4 is 10.2 Å². The van der Waals surface area contributed by atoms with E-state index in [0.29, 0.717) is 23.2 Å². The summed E-state index contributed by atoms with van der Waals surface area (Å²) in [6, 6.07) is 14.3. The lowest BCUT2D eigenvalue weighted by Gasteiger charge is -2.15. The van der Waals surface area contributed by atoms with Gasteiger partial charge in [0.1, 0.15) is 5.75 Å². The van der Waals surface area contributed by atoms with Gasteiger partial charge in [-0.3, -0.25) is 5.43 Å². The van der Waals surface area contributed by atoms with Crippen molar-refractivity contribution in [3.8, 4) is 5.75 Å². The summed E-state index contributed by atoms with van der Waals surface area (Å²) < 4.78 is 31.2. The van der Waals surface area contributed by atoms with E-state index in [2.05, 4.69) is 15.5 Å². The van der Waals surface area contributed by atoms with Gasteiger partial charge in [-0.05, 0) is 55.0 Å². The highest BCUT2D eigenvalue weighted by Gasteiger charge is 2.18. The Morgan fingerprint density at radius 3 is 2.57 bits per heavy atom. The summed E-state index contributed by atoms with van der Waals surface area (Å²) in [7, 11) is -0.487. The number of nitrogens with one attached hydrogen (secondary N) is 1. The SMILES string of the molecule is CCOc1ccc(C2=NNC(=Nc3cccc(S(=O)(=O)N(C)C)c3)SC2)cc1. The maximum absolute atomic E-state index is 12.3. The Hall–Kier alpha value is -2.36. The lowest BCUT2D eigenvalue weighted by molar-refractivity contribution is 0.340. The quantitative estimate of drug-likeness (QED) is 0.780. The van der Waals surface area contributed by atoms with Gasteiger partial charge in [0, 0.05) is 19.8 Å². The highest BCUT2D eigenvalue weighted by molar-refractivity contribution is 8.14. The van der Waals surface area contributed by atoms with Gasteiger partial charge in [-0.1, -0.05) is 17.8 Å². The van der Waals surface area contributed by atoms with Crippen LogP contribution in [0, 0.1) is 0 Å². The van der Waals surface area contributed by atoms with Crippen molar-refractivity contribution in [1.29, 1.82) is 0 Å². The van der Waals surface area contributed by atoms with Gasteiger partial charge in [0.25, 0.3) is 0 Å². The number of sulfonamides is 1. The molecule has 0 fully saturated rings. The fourth-order valence-electron chi connectivity index (χ4n) is 2.47. The van der Waals surface area contributed by atoms with Crippen molar-refractivity contribution in [3.05, 3.63) is 54.1 Å². The highest BCUT2D eigenvalue weighted by atomic mass is 32.2. The molecule has 0 amide bonds. The zero-order valence-electron chi connectivity index (χ0n) is 15.9. The molecule has 148 valence electrons. The molecule has 3 rings (SSSR count). The molecule has 7 nitrogen and oxygen atoms in total. The summed E-state index contributed by atoms with van der Waals surface area (Å²) >= 11 is 1.51. The summed E-state index contributed by atoms with van der Waals surface area (Å²) in [6.07, 6.45) is 0. The van der Waals surface area contributed by atoms with Crippen LogP contribution >= 0.6 is 11.8 Å². The molecule has 0 saturated heterocycles. The fourth-order valence-corrected chi connectivity index (χ4v) is 4.20. The van der Waals surface area contributed by atoms with Crippen molar-refractivity contribution >= 4 is 38.4 Å². The number of ether oxygens (including phenoxy) is 1. The second kappa shape index (κ2) is 8.76. The van der Waals surface area contributed by atoms with Crippen LogP contribution in [0.25, 0.3) is 0 Å². The number of nitrogens with zero attached hydrogens (tertiary/aromatic N) is 3. The molecule has 9 heteroatoms. The molecule has 0 bridgehead atoms. The lowest BCUT2D eigenvalue weighted by Crippen LogP contribution is -2.25. The van der Waals surface area contributed by atoms with Crippen LogP contribution in [0.5, 0.6) is 5.75 Å². The zero-order chi connectivity index (χ0) is 20.1. The van der Waals surface area contributed by atoms with Crippen LogP contribution in [-0.2, 0) is 10.0 Å². The lowest BCUT2D eigenvalue weighted by atomic mass is 10.1. The topological polar surface area (TPSA) is 83.4 Å². The van der Waals surface area contributed by atoms with Gasteiger partial charge in [0.15, 0.2) is 5.17 Å². The van der Waals surface area contributed by atoms with Gasteiger partial charge < -0.3 is 4.74 Å². The van der Waals surface area contributed by atoms with Crippen molar-refractivity contribution in [2.75, 3.05) is 26.5 Å². The Morgan fingerprint density at radius 1 is 1.21 bits per heavy atom. The van der Waals surface area contributed by atoms with Crippen molar-refractivity contribution in [2.45, 2.75) is 11.8 Å². The number of hydrogen-bond donors (Lipinski definition) is 1. The van der Waals surface area contributed by atoms with Crippen LogP contribution in [-0.4, -0.2) is 50.1 Å². The van der Waals surface area contributed by atoms with Crippen molar-refractivity contribution in [3.63, 3.8) is 0 Å². The van der Waals surface area contributed by atoms with Crippen LogP contribution in [0.4, 0.5) is 5.69 Å². The minimum absolute atomic E-state index is 0.207. The first-order valence-corrected chi connectivity index (χ1v) is 11.1. The van der Waals surface area contributed by atoms with E-state index in [4.69, 9.17) is 4.74 Å². The molecule has 0 radical (unpaired) electrons. The zero-order valence-corrected chi connectivity index (χ0v) is 17.5. The smallest absolute Gasteiger partial charge is 0.242 e. The van der Waals surface area contributed by atoms with Crippen molar-refractivity contribution in [1.82, 2.24) is 9.73 Å². The van der Waals surface area contributed by atoms with Crippen LogP contribution in [0.1, 0.15) is 12.5 Å². The Balaban J connectivity index is 1.74. The molecule has 0 spiro atoms. The number of aliphatic imine (C=N–C) groups is 1. The predicted molar refractivity (Wildman–Crippen MR) is 114 cm³/mol. The first-order chi connectivity index (χ1) is 13.4. The fraction of sp³-hybridized carbons (Fsp3) is 0.263. The third-order valence-electron chi connectivity index (χ3n) is 3.96. The molecule has 1 heterocycles. The number of hydrazone groups is 1. The maximum atomic E-state index is 12.3. The number of hydrogen-bond acceptors (Lipinski definition) is 6. The highest BCUT2D eigenvalue weighted by Crippen LogP contribution is 2.23. The van der Waals surface area contributed by atoms with E-state index < -0.39 is 10.0 Å². The van der Waals surface area contributed by atoms with Gasteiger partial charge in [-0.15, -0.1) is 0 Å². The third-order valence-corrected chi connectivity index (χ3v) is 6.64. The standard InChI is InChI=1S/C19H22N4O3S2/c1-4-26-16-10-8-14(9-11-16)18-13-27-19(22-21-18)20-15-6-5-7-17(12-15)28(24,25)23(2)3/h5-12H,4,13H2,1-3H3,(H,20,22). The average Bonchev–Trinajstić information content (AvgIpc) is 2.70. The molecule has 0 atom stereocenters. The van der Waals surface area contributed by atoms with E-state index in [1.165, 1.54) is 30.2 Å². The van der Waals surface area contributed by atoms with Gasteiger partial charge in [0.05, 0.1) is 22.9 Å². The molecule has 0 saturated carbocycles. The summed E-state index contributed by atoms with van der Waals surface area (Å²) in [5.74, 6) is 1.49. The Labute approximate surface area is 169 Å². The molecular weight excluding hydrogens is 396 g/mol. The molecule has 2 aromatic carbocycles. The second-order valence-corrected chi connectivity index (χ2v) is 9.23. The Morgan fingerprint density at radius 2 is 1.96 bits per heavy atom. The first kappa shape index (κ1) is 20.4. The molecule has 28 heavy (non-hydrogen) atoms. The largest absolute Gasteiger partial charge is 0.494 e. The van der Waals surface area contributed by atoms with E-state index in [-0.39, 0.29) is 4.90 Å². The monoisotopic (exact) mass is 418 g/mol. The maximum Gasteiger partial charge on any atom is 0.242 e. The molecule has 1 N–H and O–H groups in total. The molecule has 1 aliphatic heterocycles. The van der Waals surface area contributed by atoms with Crippen molar-refractivity contribution < 1.29 is 13.2 Å². The predicted octanol–water partition coefficient (Wildman–Crippen LogP) is 3.06. The van der Waals surface area contributed by atoms with Gasteiger partial charge in [-0.2, -0.15) is 5.10 Å². The molecule has 0 aromatic heterocycles. The van der Waals surface area contributed by atoms with Crippen molar-refractivity contribution in [2.24, 2.45) is 10.1 Å².